The molecule has 0 fully saturated rings. The molecular formula is C10H19N. The third-order valence-electron chi connectivity index (χ3n) is 1.70. The summed E-state index contributed by atoms with van der Waals surface area (Å²) in [6, 6.07) is 0.968. The van der Waals surface area contributed by atoms with Crippen LogP contribution in [-0.4, -0.2) is 12.1 Å². The second kappa shape index (κ2) is 6.17. The molecule has 0 aliphatic heterocycles. The number of hydrogen-bond donors (Lipinski definition) is 1. The first kappa shape index (κ1) is 10.4. The van der Waals surface area contributed by atoms with E-state index in [2.05, 4.69) is 32.3 Å². The standard InChI is InChI=1S/C10H19N/c1-5-7-8-10(4)11-9(3)6-2/h5-6,9-11H,1-2,7-8H2,3-4H3. The largest absolute Gasteiger partial charge is 0.308 e. The lowest BCUT2D eigenvalue weighted by Crippen LogP contribution is -2.32. The summed E-state index contributed by atoms with van der Waals surface area (Å²) in [5.41, 5.74) is 0. The lowest BCUT2D eigenvalue weighted by Gasteiger charge is -2.16. The summed E-state index contributed by atoms with van der Waals surface area (Å²) in [4.78, 5) is 0. The first-order chi connectivity index (χ1) is 5.20. The minimum absolute atomic E-state index is 0.412. The van der Waals surface area contributed by atoms with Gasteiger partial charge in [-0.1, -0.05) is 12.2 Å². The van der Waals surface area contributed by atoms with Crippen molar-refractivity contribution in [2.75, 3.05) is 0 Å². The van der Waals surface area contributed by atoms with Gasteiger partial charge in [-0.2, -0.15) is 0 Å². The van der Waals surface area contributed by atoms with Crippen molar-refractivity contribution in [1.29, 1.82) is 0 Å². The molecule has 0 aromatic heterocycles. The lowest BCUT2D eigenvalue weighted by atomic mass is 10.1. The van der Waals surface area contributed by atoms with E-state index in [1.165, 1.54) is 0 Å². The van der Waals surface area contributed by atoms with Gasteiger partial charge in [0.05, 0.1) is 0 Å². The zero-order valence-corrected chi connectivity index (χ0v) is 7.64. The summed E-state index contributed by atoms with van der Waals surface area (Å²) in [6.07, 6.45) is 6.11. The minimum Gasteiger partial charge on any atom is -0.308 e. The van der Waals surface area contributed by atoms with Gasteiger partial charge in [0.25, 0.3) is 0 Å². The third kappa shape index (κ3) is 5.86. The minimum atomic E-state index is 0.412. The van der Waals surface area contributed by atoms with Gasteiger partial charge in [-0.25, -0.2) is 0 Å². The summed E-state index contributed by atoms with van der Waals surface area (Å²) in [6.45, 7) is 11.7. The van der Waals surface area contributed by atoms with Crippen LogP contribution < -0.4 is 5.32 Å². The molecule has 0 aromatic carbocycles. The van der Waals surface area contributed by atoms with Gasteiger partial charge in [0.2, 0.25) is 0 Å². The Bertz CT molecular complexity index is 118. The smallest absolute Gasteiger partial charge is 0.0221 e. The van der Waals surface area contributed by atoms with Crippen molar-refractivity contribution in [3.8, 4) is 0 Å². The Labute approximate surface area is 70.2 Å². The molecule has 0 spiro atoms. The summed E-state index contributed by atoms with van der Waals surface area (Å²) in [5.74, 6) is 0. The van der Waals surface area contributed by atoms with Crippen LogP contribution in [0.2, 0.25) is 0 Å². The second-order valence-electron chi connectivity index (χ2n) is 2.96. The van der Waals surface area contributed by atoms with E-state index in [9.17, 15) is 0 Å². The number of rotatable bonds is 6. The van der Waals surface area contributed by atoms with Crippen LogP contribution >= 0.6 is 0 Å². The predicted molar refractivity (Wildman–Crippen MR) is 51.7 cm³/mol. The molecule has 0 bridgehead atoms. The molecule has 1 heteroatoms. The van der Waals surface area contributed by atoms with Crippen LogP contribution in [0.25, 0.3) is 0 Å². The predicted octanol–water partition coefficient (Wildman–Crippen LogP) is 2.51. The van der Waals surface area contributed by atoms with Crippen LogP contribution in [-0.2, 0) is 0 Å². The molecule has 0 heterocycles. The van der Waals surface area contributed by atoms with Crippen LogP contribution in [0.4, 0.5) is 0 Å². The molecular weight excluding hydrogens is 134 g/mol. The van der Waals surface area contributed by atoms with E-state index in [0.717, 1.165) is 12.8 Å². The van der Waals surface area contributed by atoms with Gasteiger partial charge in [0.1, 0.15) is 0 Å². The van der Waals surface area contributed by atoms with Gasteiger partial charge in [0.15, 0.2) is 0 Å². The van der Waals surface area contributed by atoms with E-state index < -0.39 is 0 Å². The quantitative estimate of drug-likeness (QED) is 0.578. The summed E-state index contributed by atoms with van der Waals surface area (Å²) >= 11 is 0. The van der Waals surface area contributed by atoms with Crippen molar-refractivity contribution in [3.05, 3.63) is 25.3 Å². The molecule has 0 aliphatic rings. The molecule has 0 saturated carbocycles. The third-order valence-corrected chi connectivity index (χ3v) is 1.70. The molecule has 2 unspecified atom stereocenters. The topological polar surface area (TPSA) is 12.0 Å². The summed E-state index contributed by atoms with van der Waals surface area (Å²) in [7, 11) is 0. The summed E-state index contributed by atoms with van der Waals surface area (Å²) < 4.78 is 0. The Balaban J connectivity index is 3.42. The van der Waals surface area contributed by atoms with E-state index in [4.69, 9.17) is 0 Å². The maximum absolute atomic E-state index is 3.71. The fraction of sp³-hybridized carbons (Fsp3) is 0.600. The van der Waals surface area contributed by atoms with E-state index in [1.54, 1.807) is 0 Å². The zero-order valence-electron chi connectivity index (χ0n) is 7.64. The zero-order chi connectivity index (χ0) is 8.69. The van der Waals surface area contributed by atoms with Crippen LogP contribution in [0.5, 0.6) is 0 Å². The van der Waals surface area contributed by atoms with Crippen molar-refractivity contribution in [3.63, 3.8) is 0 Å². The maximum Gasteiger partial charge on any atom is 0.0221 e. The second-order valence-corrected chi connectivity index (χ2v) is 2.96. The first-order valence-corrected chi connectivity index (χ1v) is 4.20. The molecule has 1 nitrogen and oxygen atoms in total. The molecule has 0 aromatic rings. The van der Waals surface area contributed by atoms with Crippen molar-refractivity contribution in [2.45, 2.75) is 38.8 Å². The van der Waals surface area contributed by atoms with Gasteiger partial charge in [-0.15, -0.1) is 13.2 Å². The van der Waals surface area contributed by atoms with Crippen LogP contribution in [0.15, 0.2) is 25.3 Å². The Morgan fingerprint density at radius 1 is 1.36 bits per heavy atom. The van der Waals surface area contributed by atoms with Crippen LogP contribution in [0.1, 0.15) is 26.7 Å². The van der Waals surface area contributed by atoms with Crippen molar-refractivity contribution in [2.24, 2.45) is 0 Å². The van der Waals surface area contributed by atoms with E-state index in [1.807, 2.05) is 12.2 Å². The van der Waals surface area contributed by atoms with Gasteiger partial charge >= 0.3 is 0 Å². The fourth-order valence-corrected chi connectivity index (χ4v) is 0.968. The highest BCUT2D eigenvalue weighted by Gasteiger charge is 2.01. The average Bonchev–Trinajstić information content (AvgIpc) is 2.00. The Morgan fingerprint density at radius 3 is 2.45 bits per heavy atom. The van der Waals surface area contributed by atoms with Gasteiger partial charge in [-0.3, -0.25) is 0 Å². The number of hydrogen-bond acceptors (Lipinski definition) is 1. The van der Waals surface area contributed by atoms with E-state index in [0.29, 0.717) is 12.1 Å². The number of allylic oxidation sites excluding steroid dienone is 1. The van der Waals surface area contributed by atoms with Gasteiger partial charge < -0.3 is 5.32 Å². The molecule has 11 heavy (non-hydrogen) atoms. The average molecular weight is 153 g/mol. The Kier molecular flexibility index (Phi) is 5.86. The van der Waals surface area contributed by atoms with Crippen molar-refractivity contribution < 1.29 is 0 Å². The molecule has 0 amide bonds. The van der Waals surface area contributed by atoms with Crippen molar-refractivity contribution >= 4 is 0 Å². The lowest BCUT2D eigenvalue weighted by molar-refractivity contribution is 0.491. The molecule has 0 aliphatic carbocycles. The highest BCUT2D eigenvalue weighted by atomic mass is 14.9. The molecule has 0 saturated heterocycles. The van der Waals surface area contributed by atoms with E-state index in [-0.39, 0.29) is 0 Å². The Morgan fingerprint density at radius 2 is 2.00 bits per heavy atom. The summed E-state index contributed by atoms with van der Waals surface area (Å²) in [5, 5.41) is 3.40. The normalized spacial score (nSPS) is 15.5. The maximum atomic E-state index is 3.71. The van der Waals surface area contributed by atoms with Crippen LogP contribution in [0, 0.1) is 0 Å². The molecule has 0 rings (SSSR count). The monoisotopic (exact) mass is 153 g/mol. The molecule has 64 valence electrons. The van der Waals surface area contributed by atoms with Gasteiger partial charge in [0, 0.05) is 12.1 Å². The highest BCUT2D eigenvalue weighted by molar-refractivity contribution is 4.83. The number of nitrogens with one attached hydrogen (secondary N) is 1. The highest BCUT2D eigenvalue weighted by Crippen LogP contribution is 1.98. The molecule has 1 N–H and O–H groups in total. The SMILES string of the molecule is C=CCCC(C)NC(C)C=C. The van der Waals surface area contributed by atoms with Gasteiger partial charge in [-0.05, 0) is 26.7 Å². The molecule has 2 atom stereocenters. The first-order valence-electron chi connectivity index (χ1n) is 4.20. The van der Waals surface area contributed by atoms with Crippen molar-refractivity contribution in [1.82, 2.24) is 5.32 Å². The Hall–Kier alpha value is -0.560. The fourth-order valence-electron chi connectivity index (χ4n) is 0.968. The van der Waals surface area contributed by atoms with E-state index >= 15 is 0 Å². The van der Waals surface area contributed by atoms with Crippen LogP contribution in [0.3, 0.4) is 0 Å². The molecule has 0 radical (unpaired) electrons.